The molecule has 2 N–H and O–H groups in total. The van der Waals surface area contributed by atoms with E-state index in [-0.39, 0.29) is 17.7 Å². The van der Waals surface area contributed by atoms with Gasteiger partial charge in [0.25, 0.3) is 5.91 Å². The third-order valence-electron chi connectivity index (χ3n) is 4.25. The van der Waals surface area contributed by atoms with Gasteiger partial charge in [-0.3, -0.25) is 14.7 Å². The summed E-state index contributed by atoms with van der Waals surface area (Å²) in [7, 11) is 3.06. The molecule has 8 heteroatoms. The lowest BCUT2D eigenvalue weighted by atomic mass is 10.1. The van der Waals surface area contributed by atoms with Crippen LogP contribution in [0.5, 0.6) is 11.5 Å². The first kappa shape index (κ1) is 16.8. The summed E-state index contributed by atoms with van der Waals surface area (Å²) in [5.74, 6) is 0.522. The minimum atomic E-state index is -0.254. The molecule has 2 amide bonds. The molecule has 25 heavy (non-hydrogen) atoms. The zero-order valence-corrected chi connectivity index (χ0v) is 14.1. The molecule has 2 heterocycles. The van der Waals surface area contributed by atoms with Crippen molar-refractivity contribution in [2.24, 2.45) is 5.92 Å². The van der Waals surface area contributed by atoms with Crippen molar-refractivity contribution in [2.45, 2.75) is 6.42 Å². The van der Waals surface area contributed by atoms with Crippen LogP contribution in [0, 0.1) is 5.92 Å². The van der Waals surface area contributed by atoms with Crippen molar-refractivity contribution in [3.8, 4) is 11.5 Å². The summed E-state index contributed by atoms with van der Waals surface area (Å²) in [4.78, 5) is 26.8. The average Bonchev–Trinajstić information content (AvgIpc) is 3.32. The number of H-pyrrole nitrogens is 1. The zero-order chi connectivity index (χ0) is 17.8. The second-order valence-corrected chi connectivity index (χ2v) is 5.78. The smallest absolute Gasteiger partial charge is 0.257 e. The molecule has 1 saturated heterocycles. The Morgan fingerprint density at radius 1 is 1.32 bits per heavy atom. The van der Waals surface area contributed by atoms with Crippen LogP contribution >= 0.6 is 0 Å². The number of nitrogens with one attached hydrogen (secondary N) is 2. The number of benzene rings is 1. The van der Waals surface area contributed by atoms with Gasteiger partial charge in [-0.25, -0.2) is 0 Å². The van der Waals surface area contributed by atoms with Crippen molar-refractivity contribution in [3.63, 3.8) is 0 Å². The summed E-state index contributed by atoms with van der Waals surface area (Å²) in [6.07, 6.45) is 3.76. The number of carbonyl (C=O) groups is 2. The molecule has 1 aromatic carbocycles. The molecule has 0 radical (unpaired) electrons. The molecule has 0 bridgehead atoms. The predicted molar refractivity (Wildman–Crippen MR) is 90.8 cm³/mol. The third kappa shape index (κ3) is 3.57. The van der Waals surface area contributed by atoms with Gasteiger partial charge >= 0.3 is 0 Å². The van der Waals surface area contributed by atoms with Gasteiger partial charge in [-0.05, 0) is 24.6 Å². The van der Waals surface area contributed by atoms with Gasteiger partial charge in [0.15, 0.2) is 0 Å². The maximum absolute atomic E-state index is 12.8. The number of ether oxygens (including phenoxy) is 2. The standard InChI is InChI=1S/C17H20N4O4/c1-24-13-3-4-15(25-2)14(7-13)17(23)21-6-5-11(10-21)16(22)20-12-8-18-19-9-12/h3-4,7-9,11H,5-6,10H2,1-2H3,(H,18,19)(H,20,22). The van der Waals surface area contributed by atoms with Crippen molar-refractivity contribution in [1.29, 1.82) is 0 Å². The van der Waals surface area contributed by atoms with E-state index in [0.29, 0.717) is 42.3 Å². The highest BCUT2D eigenvalue weighted by Gasteiger charge is 2.32. The highest BCUT2D eigenvalue weighted by Crippen LogP contribution is 2.28. The summed E-state index contributed by atoms with van der Waals surface area (Å²) in [6, 6.07) is 5.09. The summed E-state index contributed by atoms with van der Waals surface area (Å²) >= 11 is 0. The predicted octanol–water partition coefficient (Wildman–Crippen LogP) is 1.53. The largest absolute Gasteiger partial charge is 0.497 e. The van der Waals surface area contributed by atoms with Crippen LogP contribution in [0.4, 0.5) is 5.69 Å². The molecule has 0 saturated carbocycles. The topological polar surface area (TPSA) is 96.6 Å². The number of methoxy groups -OCH3 is 2. The van der Waals surface area contributed by atoms with Gasteiger partial charge < -0.3 is 19.7 Å². The van der Waals surface area contributed by atoms with E-state index in [2.05, 4.69) is 15.5 Å². The lowest BCUT2D eigenvalue weighted by molar-refractivity contribution is -0.119. The number of aromatic nitrogens is 2. The Bertz CT molecular complexity index is 760. The molecule has 2 aromatic rings. The molecule has 1 fully saturated rings. The quantitative estimate of drug-likeness (QED) is 0.857. The number of hydrogen-bond donors (Lipinski definition) is 2. The van der Waals surface area contributed by atoms with Crippen LogP contribution in [-0.4, -0.2) is 54.2 Å². The third-order valence-corrected chi connectivity index (χ3v) is 4.25. The highest BCUT2D eigenvalue weighted by molar-refractivity contribution is 5.99. The molecule has 1 aliphatic heterocycles. The van der Waals surface area contributed by atoms with Crippen molar-refractivity contribution >= 4 is 17.5 Å². The van der Waals surface area contributed by atoms with Gasteiger partial charge in [0.2, 0.25) is 5.91 Å². The Morgan fingerprint density at radius 3 is 2.84 bits per heavy atom. The minimum absolute atomic E-state index is 0.116. The number of carbonyl (C=O) groups excluding carboxylic acids is 2. The van der Waals surface area contributed by atoms with E-state index in [4.69, 9.17) is 9.47 Å². The lowest BCUT2D eigenvalue weighted by Crippen LogP contribution is -2.31. The van der Waals surface area contributed by atoms with Crippen LogP contribution < -0.4 is 14.8 Å². The Hall–Kier alpha value is -3.03. The molecule has 8 nitrogen and oxygen atoms in total. The number of rotatable bonds is 5. The fourth-order valence-electron chi connectivity index (χ4n) is 2.87. The van der Waals surface area contributed by atoms with E-state index in [9.17, 15) is 9.59 Å². The van der Waals surface area contributed by atoms with Crippen LogP contribution in [0.2, 0.25) is 0 Å². The Balaban J connectivity index is 1.69. The molecule has 1 unspecified atom stereocenters. The first-order chi connectivity index (χ1) is 12.1. The SMILES string of the molecule is COc1ccc(OC)c(C(=O)N2CCC(C(=O)Nc3cn[nH]c3)C2)c1. The highest BCUT2D eigenvalue weighted by atomic mass is 16.5. The van der Waals surface area contributed by atoms with Gasteiger partial charge in [0.05, 0.1) is 37.6 Å². The maximum atomic E-state index is 12.8. The fourth-order valence-corrected chi connectivity index (χ4v) is 2.87. The zero-order valence-electron chi connectivity index (χ0n) is 14.1. The molecule has 3 rings (SSSR count). The first-order valence-electron chi connectivity index (χ1n) is 7.93. The summed E-state index contributed by atoms with van der Waals surface area (Å²) in [5, 5.41) is 9.22. The van der Waals surface area contributed by atoms with Crippen LogP contribution in [0.15, 0.2) is 30.6 Å². The second-order valence-electron chi connectivity index (χ2n) is 5.78. The molecule has 0 spiro atoms. The first-order valence-corrected chi connectivity index (χ1v) is 7.93. The Labute approximate surface area is 145 Å². The normalized spacial score (nSPS) is 16.6. The molecule has 1 aromatic heterocycles. The van der Waals surface area contributed by atoms with E-state index >= 15 is 0 Å². The molecular formula is C17H20N4O4. The van der Waals surface area contributed by atoms with Gasteiger partial charge in [0.1, 0.15) is 11.5 Å². The van der Waals surface area contributed by atoms with Gasteiger partial charge in [-0.15, -0.1) is 0 Å². The number of amides is 2. The van der Waals surface area contributed by atoms with E-state index in [1.54, 1.807) is 36.4 Å². The van der Waals surface area contributed by atoms with Gasteiger partial charge in [0, 0.05) is 19.3 Å². The van der Waals surface area contributed by atoms with Crippen molar-refractivity contribution in [1.82, 2.24) is 15.1 Å². The van der Waals surface area contributed by atoms with Crippen LogP contribution in [-0.2, 0) is 4.79 Å². The number of hydrogen-bond acceptors (Lipinski definition) is 5. The molecule has 132 valence electrons. The Kier molecular flexibility index (Phi) is 4.87. The number of likely N-dealkylation sites (tertiary alicyclic amines) is 1. The maximum Gasteiger partial charge on any atom is 0.257 e. The average molecular weight is 344 g/mol. The lowest BCUT2D eigenvalue weighted by Gasteiger charge is -2.18. The van der Waals surface area contributed by atoms with E-state index < -0.39 is 0 Å². The molecular weight excluding hydrogens is 324 g/mol. The number of aromatic amines is 1. The summed E-state index contributed by atoms with van der Waals surface area (Å²) in [5.41, 5.74) is 1.04. The van der Waals surface area contributed by atoms with Gasteiger partial charge in [-0.2, -0.15) is 5.10 Å². The van der Waals surface area contributed by atoms with Gasteiger partial charge in [-0.1, -0.05) is 0 Å². The molecule has 1 atom stereocenters. The summed E-state index contributed by atoms with van der Waals surface area (Å²) in [6.45, 7) is 0.881. The monoisotopic (exact) mass is 344 g/mol. The van der Waals surface area contributed by atoms with Crippen LogP contribution in [0.3, 0.4) is 0 Å². The van der Waals surface area contributed by atoms with Crippen molar-refractivity contribution in [2.75, 3.05) is 32.6 Å². The minimum Gasteiger partial charge on any atom is -0.497 e. The molecule has 0 aliphatic carbocycles. The number of nitrogens with zero attached hydrogens (tertiary/aromatic N) is 2. The van der Waals surface area contributed by atoms with Crippen LogP contribution in [0.1, 0.15) is 16.8 Å². The summed E-state index contributed by atoms with van der Waals surface area (Å²) < 4.78 is 10.5. The van der Waals surface area contributed by atoms with E-state index in [0.717, 1.165) is 0 Å². The van der Waals surface area contributed by atoms with E-state index in [1.807, 2.05) is 0 Å². The fraction of sp³-hybridized carbons (Fsp3) is 0.353. The van der Waals surface area contributed by atoms with E-state index in [1.165, 1.54) is 13.3 Å². The van der Waals surface area contributed by atoms with Crippen molar-refractivity contribution < 1.29 is 19.1 Å². The second kappa shape index (κ2) is 7.25. The van der Waals surface area contributed by atoms with Crippen molar-refractivity contribution in [3.05, 3.63) is 36.2 Å². The van der Waals surface area contributed by atoms with Crippen LogP contribution in [0.25, 0.3) is 0 Å². The Morgan fingerprint density at radius 2 is 2.16 bits per heavy atom. The number of anilines is 1. The molecule has 1 aliphatic rings.